The summed E-state index contributed by atoms with van der Waals surface area (Å²) < 4.78 is 3.15. The highest BCUT2D eigenvalue weighted by Crippen LogP contribution is 2.33. The van der Waals surface area contributed by atoms with E-state index in [4.69, 9.17) is 0 Å². The fourth-order valence-electron chi connectivity index (χ4n) is 2.72. The second kappa shape index (κ2) is 7.92. The smallest absolute Gasteiger partial charge is 0.299 e. The first kappa shape index (κ1) is 19.7. The van der Waals surface area contributed by atoms with Gasteiger partial charge in [-0.1, -0.05) is 18.2 Å². The van der Waals surface area contributed by atoms with Crippen molar-refractivity contribution in [3.05, 3.63) is 46.4 Å². The van der Waals surface area contributed by atoms with E-state index >= 15 is 0 Å². The normalized spacial score (nSPS) is 11.0. The molecule has 0 spiro atoms. The van der Waals surface area contributed by atoms with E-state index in [9.17, 15) is 14.4 Å². The van der Waals surface area contributed by atoms with Gasteiger partial charge in [0.25, 0.3) is 5.56 Å². The Morgan fingerprint density at radius 1 is 1.03 bits per heavy atom. The van der Waals surface area contributed by atoms with E-state index < -0.39 is 0 Å². The van der Waals surface area contributed by atoms with E-state index in [1.54, 1.807) is 18.7 Å². The molecule has 0 aliphatic heterocycles. The van der Waals surface area contributed by atoms with Crippen LogP contribution in [0.1, 0.15) is 19.5 Å². The average Bonchev–Trinajstić information content (AvgIpc) is 3.12. The van der Waals surface area contributed by atoms with Gasteiger partial charge in [-0.05, 0) is 19.1 Å². The molecule has 11 nitrogen and oxygen atoms in total. The van der Waals surface area contributed by atoms with Gasteiger partial charge >= 0.3 is 0 Å². The molecule has 1 aromatic carbocycles. The highest BCUT2D eigenvalue weighted by molar-refractivity contribution is 5.96. The lowest BCUT2D eigenvalue weighted by molar-refractivity contribution is -0.115. The summed E-state index contributed by atoms with van der Waals surface area (Å²) in [6, 6.07) is 9.13. The number of benzene rings is 1. The van der Waals surface area contributed by atoms with Crippen LogP contribution in [0.2, 0.25) is 0 Å². The zero-order valence-electron chi connectivity index (χ0n) is 16.3. The van der Waals surface area contributed by atoms with Gasteiger partial charge in [-0.25, -0.2) is 4.68 Å². The summed E-state index contributed by atoms with van der Waals surface area (Å²) in [4.78, 5) is 35.7. The van der Waals surface area contributed by atoms with Gasteiger partial charge in [0, 0.05) is 20.9 Å². The fourth-order valence-corrected chi connectivity index (χ4v) is 2.72. The number of rotatable bonds is 5. The molecule has 3 aromatic rings. The highest BCUT2D eigenvalue weighted by Gasteiger charge is 2.18. The van der Waals surface area contributed by atoms with Gasteiger partial charge in [-0.15, -0.1) is 10.2 Å². The molecule has 2 amide bonds. The van der Waals surface area contributed by atoms with Crippen LogP contribution in [0.3, 0.4) is 0 Å². The number of nitrogens with zero attached hydrogens (tertiary/aromatic N) is 5. The molecule has 0 fully saturated rings. The maximum Gasteiger partial charge on any atom is 0.299 e. The third-order valence-electron chi connectivity index (χ3n) is 4.11. The largest absolute Gasteiger partial charge is 0.309 e. The molecular formula is C18H20N8O3. The molecule has 3 rings (SSSR count). The molecule has 150 valence electrons. The van der Waals surface area contributed by atoms with E-state index in [-0.39, 0.29) is 40.4 Å². The minimum absolute atomic E-state index is 0.0852. The van der Waals surface area contributed by atoms with Crippen molar-refractivity contribution in [2.45, 2.75) is 20.8 Å². The van der Waals surface area contributed by atoms with Gasteiger partial charge in [0.1, 0.15) is 0 Å². The standard InChI is InChI=1S/C18H20N8O3/c1-10-14(18(29)26(25(10)4)13-8-6-5-7-9-13)21-22-15-16(19-11(2)27)23-24-17(15)20-12(3)28/h5-9H,1-4H3,(H3,19,20,23,24,27,28). The van der Waals surface area contributed by atoms with Crippen LogP contribution in [0.25, 0.3) is 5.69 Å². The SMILES string of the molecule is CC(=O)Nc1n[nH]c(NC(C)=O)c1N=Nc1c(C)n(C)n(-c2ccccc2)c1=O. The topological polar surface area (TPSA) is 139 Å². The highest BCUT2D eigenvalue weighted by atomic mass is 16.2. The second-order valence-electron chi connectivity index (χ2n) is 6.27. The van der Waals surface area contributed by atoms with E-state index in [2.05, 4.69) is 31.1 Å². The monoisotopic (exact) mass is 396 g/mol. The van der Waals surface area contributed by atoms with Gasteiger partial charge in [-0.3, -0.25) is 24.2 Å². The molecule has 11 heteroatoms. The van der Waals surface area contributed by atoms with Crippen LogP contribution in [-0.4, -0.2) is 31.4 Å². The number of carbonyl (C=O) groups excluding carboxylic acids is 2. The van der Waals surface area contributed by atoms with Gasteiger partial charge in [0.15, 0.2) is 23.0 Å². The van der Waals surface area contributed by atoms with Crippen LogP contribution in [0, 0.1) is 6.92 Å². The Labute approximate surface area is 165 Å². The number of hydrogen-bond donors (Lipinski definition) is 3. The Morgan fingerprint density at radius 2 is 1.66 bits per heavy atom. The average molecular weight is 396 g/mol. The molecule has 0 aliphatic rings. The summed E-state index contributed by atoms with van der Waals surface area (Å²) in [5.41, 5.74) is 1.15. The van der Waals surface area contributed by atoms with Crippen molar-refractivity contribution in [3.8, 4) is 5.69 Å². The Bertz CT molecular complexity index is 1120. The molecule has 2 heterocycles. The number of anilines is 2. The Kier molecular flexibility index (Phi) is 5.39. The van der Waals surface area contributed by atoms with E-state index in [0.717, 1.165) is 0 Å². The summed E-state index contributed by atoms with van der Waals surface area (Å²) in [5, 5.41) is 19.7. The van der Waals surface area contributed by atoms with Crippen molar-refractivity contribution in [2.24, 2.45) is 17.3 Å². The van der Waals surface area contributed by atoms with Crippen LogP contribution < -0.4 is 16.2 Å². The third-order valence-corrected chi connectivity index (χ3v) is 4.11. The first-order chi connectivity index (χ1) is 13.8. The molecule has 0 saturated heterocycles. The van der Waals surface area contributed by atoms with Crippen LogP contribution >= 0.6 is 0 Å². The summed E-state index contributed by atoms with van der Waals surface area (Å²) in [7, 11) is 1.74. The van der Waals surface area contributed by atoms with Gasteiger partial charge in [-0.2, -0.15) is 5.10 Å². The van der Waals surface area contributed by atoms with E-state index in [0.29, 0.717) is 11.4 Å². The maximum absolute atomic E-state index is 12.9. The summed E-state index contributed by atoms with van der Waals surface area (Å²) in [5.74, 6) is -0.490. The summed E-state index contributed by atoms with van der Waals surface area (Å²) in [6.45, 7) is 4.38. The molecule has 0 bridgehead atoms. The van der Waals surface area contributed by atoms with E-state index in [1.165, 1.54) is 18.5 Å². The van der Waals surface area contributed by atoms with Crippen LogP contribution in [0.5, 0.6) is 0 Å². The first-order valence-corrected chi connectivity index (χ1v) is 8.69. The number of H-pyrrole nitrogens is 1. The minimum Gasteiger partial charge on any atom is -0.309 e. The number of amides is 2. The van der Waals surface area contributed by atoms with Crippen LogP contribution in [0.4, 0.5) is 23.0 Å². The molecule has 0 aliphatic carbocycles. The second-order valence-corrected chi connectivity index (χ2v) is 6.27. The number of aromatic nitrogens is 4. The number of para-hydroxylation sites is 1. The van der Waals surface area contributed by atoms with Gasteiger partial charge in [0.2, 0.25) is 11.8 Å². The molecule has 0 saturated carbocycles. The molecule has 0 atom stereocenters. The molecular weight excluding hydrogens is 376 g/mol. The Balaban J connectivity index is 2.07. The van der Waals surface area contributed by atoms with Crippen molar-refractivity contribution in [3.63, 3.8) is 0 Å². The number of carbonyl (C=O) groups is 2. The third kappa shape index (κ3) is 3.98. The number of azo groups is 1. The number of hydrogen-bond acceptors (Lipinski definition) is 6. The first-order valence-electron chi connectivity index (χ1n) is 8.69. The Hall–Kier alpha value is -4.02. The van der Waals surface area contributed by atoms with Crippen molar-refractivity contribution < 1.29 is 9.59 Å². The lowest BCUT2D eigenvalue weighted by atomic mass is 10.3. The fraction of sp³-hybridized carbons (Fsp3) is 0.222. The zero-order valence-corrected chi connectivity index (χ0v) is 16.3. The van der Waals surface area contributed by atoms with Crippen molar-refractivity contribution >= 4 is 34.8 Å². The van der Waals surface area contributed by atoms with E-state index in [1.807, 2.05) is 30.3 Å². The van der Waals surface area contributed by atoms with Crippen molar-refractivity contribution in [1.29, 1.82) is 0 Å². The lowest BCUT2D eigenvalue weighted by Gasteiger charge is -2.07. The number of nitrogens with one attached hydrogen (secondary N) is 3. The summed E-state index contributed by atoms with van der Waals surface area (Å²) in [6.07, 6.45) is 0. The predicted octanol–water partition coefficient (Wildman–Crippen LogP) is 2.54. The van der Waals surface area contributed by atoms with Crippen molar-refractivity contribution in [1.82, 2.24) is 19.6 Å². The van der Waals surface area contributed by atoms with Crippen LogP contribution in [0.15, 0.2) is 45.4 Å². The predicted molar refractivity (Wildman–Crippen MR) is 107 cm³/mol. The molecule has 0 radical (unpaired) electrons. The quantitative estimate of drug-likeness (QED) is 0.570. The summed E-state index contributed by atoms with van der Waals surface area (Å²) >= 11 is 0. The van der Waals surface area contributed by atoms with Gasteiger partial charge in [0.05, 0.1) is 11.4 Å². The van der Waals surface area contributed by atoms with Crippen LogP contribution in [-0.2, 0) is 16.6 Å². The zero-order chi connectivity index (χ0) is 21.1. The molecule has 3 N–H and O–H groups in total. The minimum atomic E-state index is -0.371. The maximum atomic E-state index is 12.9. The lowest BCUT2D eigenvalue weighted by Crippen LogP contribution is -2.19. The molecule has 29 heavy (non-hydrogen) atoms. The van der Waals surface area contributed by atoms with Gasteiger partial charge < -0.3 is 10.6 Å². The number of aromatic amines is 1. The molecule has 0 unspecified atom stereocenters. The van der Waals surface area contributed by atoms with Crippen molar-refractivity contribution in [2.75, 3.05) is 10.6 Å². The Morgan fingerprint density at radius 3 is 2.28 bits per heavy atom. The molecule has 2 aromatic heterocycles.